The van der Waals surface area contributed by atoms with Crippen molar-refractivity contribution in [2.45, 2.75) is 51.0 Å². The number of nitrogens with one attached hydrogen (secondary N) is 2. The van der Waals surface area contributed by atoms with Crippen LogP contribution in [0.25, 0.3) is 10.9 Å². The molecule has 0 spiro atoms. The van der Waals surface area contributed by atoms with Crippen LogP contribution in [0, 0.1) is 5.92 Å². The summed E-state index contributed by atoms with van der Waals surface area (Å²) in [7, 11) is -1.38. The molecule has 0 unspecified atom stereocenters. The maximum Gasteiger partial charge on any atom is 0.231 e. The molecule has 11 heteroatoms. The molecule has 1 aromatic heterocycles. The first-order valence-corrected chi connectivity index (χ1v) is 14.7. The summed E-state index contributed by atoms with van der Waals surface area (Å²) >= 11 is 0. The van der Waals surface area contributed by atoms with Gasteiger partial charge in [-0.05, 0) is 64.1 Å². The van der Waals surface area contributed by atoms with Crippen LogP contribution in [0.15, 0.2) is 12.1 Å². The van der Waals surface area contributed by atoms with Gasteiger partial charge in [0.05, 0.1) is 30.7 Å². The lowest BCUT2D eigenvalue weighted by Gasteiger charge is -2.24. The van der Waals surface area contributed by atoms with Gasteiger partial charge in [-0.25, -0.2) is 13.4 Å². The Labute approximate surface area is 212 Å². The van der Waals surface area contributed by atoms with Crippen LogP contribution >= 0.6 is 0 Å². The highest BCUT2D eigenvalue weighted by Crippen LogP contribution is 2.36. The fraction of sp³-hybridized carbons (Fsp3) is 0.640. The van der Waals surface area contributed by atoms with Crippen molar-refractivity contribution in [3.05, 3.63) is 12.1 Å². The first kappa shape index (κ1) is 25.0. The summed E-state index contributed by atoms with van der Waals surface area (Å²) in [6.07, 6.45) is 6.24. The third kappa shape index (κ3) is 6.18. The van der Waals surface area contributed by atoms with Crippen LogP contribution < -0.4 is 20.1 Å². The number of amides is 1. The Hall–Kier alpha value is -2.66. The molecule has 0 radical (unpaired) electrons. The van der Waals surface area contributed by atoms with E-state index in [-0.39, 0.29) is 35.3 Å². The average Bonchev–Trinajstić information content (AvgIpc) is 3.59. The molecule has 36 heavy (non-hydrogen) atoms. The number of ether oxygens (including phenoxy) is 2. The highest BCUT2D eigenvalue weighted by Gasteiger charge is 2.30. The molecule has 2 saturated heterocycles. The summed E-state index contributed by atoms with van der Waals surface area (Å²) in [5.74, 6) is 2.21. The van der Waals surface area contributed by atoms with Crippen molar-refractivity contribution in [2.75, 3.05) is 55.5 Å². The quantitative estimate of drug-likeness (QED) is 0.458. The van der Waals surface area contributed by atoms with E-state index in [0.717, 1.165) is 44.3 Å². The molecule has 1 aliphatic carbocycles. The number of likely N-dealkylation sites (tertiary alicyclic amines) is 1. The molecule has 0 atom stereocenters. The number of fused-ring (bicyclic) bond motifs is 1. The van der Waals surface area contributed by atoms with Gasteiger partial charge in [0.25, 0.3) is 0 Å². The number of hydrogen-bond donors (Lipinski definition) is 2. The van der Waals surface area contributed by atoms with Crippen molar-refractivity contribution in [3.8, 4) is 11.5 Å². The molecule has 1 amide bonds. The molecule has 10 nitrogen and oxygen atoms in total. The monoisotopic (exact) mass is 517 g/mol. The van der Waals surface area contributed by atoms with E-state index >= 15 is 0 Å². The summed E-state index contributed by atoms with van der Waals surface area (Å²) in [4.78, 5) is 24.1. The van der Waals surface area contributed by atoms with E-state index in [9.17, 15) is 13.2 Å². The molecule has 5 rings (SSSR count). The van der Waals surface area contributed by atoms with Gasteiger partial charge in [0.2, 0.25) is 11.9 Å². The minimum Gasteiger partial charge on any atom is -0.493 e. The third-order valence-electron chi connectivity index (χ3n) is 7.13. The normalized spacial score (nSPS) is 20.4. The SMILES string of the molecule is COc1cc2c(NC3CCS(=O)(=O)CC3)nc(NC(=O)C3CC3)nc2cc1OCCCN1CCCC1. The smallest absolute Gasteiger partial charge is 0.231 e. The largest absolute Gasteiger partial charge is 0.493 e. The number of carbonyl (C=O) groups is 1. The fourth-order valence-electron chi connectivity index (χ4n) is 4.84. The van der Waals surface area contributed by atoms with E-state index in [1.807, 2.05) is 12.1 Å². The summed E-state index contributed by atoms with van der Waals surface area (Å²) in [6, 6.07) is 3.64. The summed E-state index contributed by atoms with van der Waals surface area (Å²) in [5, 5.41) is 6.98. The van der Waals surface area contributed by atoms with Crippen molar-refractivity contribution < 1.29 is 22.7 Å². The Bertz CT molecular complexity index is 1200. The highest BCUT2D eigenvalue weighted by molar-refractivity contribution is 7.91. The Morgan fingerprint density at radius 2 is 1.83 bits per heavy atom. The molecule has 2 aliphatic heterocycles. The number of rotatable bonds is 10. The highest BCUT2D eigenvalue weighted by atomic mass is 32.2. The van der Waals surface area contributed by atoms with Gasteiger partial charge in [-0.2, -0.15) is 4.98 Å². The van der Waals surface area contributed by atoms with Crippen LogP contribution in [0.4, 0.5) is 11.8 Å². The molecule has 2 aromatic rings. The number of anilines is 2. The zero-order valence-corrected chi connectivity index (χ0v) is 21.6. The number of sulfone groups is 1. The second-order valence-corrected chi connectivity index (χ2v) is 12.3. The Morgan fingerprint density at radius 3 is 2.53 bits per heavy atom. The van der Waals surface area contributed by atoms with Gasteiger partial charge in [-0.15, -0.1) is 0 Å². The van der Waals surface area contributed by atoms with E-state index in [0.29, 0.717) is 42.3 Å². The fourth-order valence-corrected chi connectivity index (χ4v) is 6.33. The lowest BCUT2D eigenvalue weighted by atomic mass is 10.1. The van der Waals surface area contributed by atoms with Crippen LogP contribution in [0.1, 0.15) is 44.9 Å². The van der Waals surface area contributed by atoms with E-state index < -0.39 is 9.84 Å². The second-order valence-electron chi connectivity index (χ2n) is 10.0. The lowest BCUT2D eigenvalue weighted by molar-refractivity contribution is -0.117. The molecular formula is C25H35N5O5S. The minimum atomic E-state index is -2.98. The van der Waals surface area contributed by atoms with Gasteiger partial charge in [0.1, 0.15) is 15.7 Å². The average molecular weight is 518 g/mol. The van der Waals surface area contributed by atoms with Gasteiger partial charge in [0.15, 0.2) is 11.5 Å². The molecule has 196 valence electrons. The Morgan fingerprint density at radius 1 is 1.08 bits per heavy atom. The second kappa shape index (κ2) is 10.8. The molecular weight excluding hydrogens is 482 g/mol. The predicted molar refractivity (Wildman–Crippen MR) is 139 cm³/mol. The number of hydrogen-bond acceptors (Lipinski definition) is 9. The maximum absolute atomic E-state index is 12.4. The molecule has 1 saturated carbocycles. The number of methoxy groups -OCH3 is 1. The number of aromatic nitrogens is 2. The number of nitrogens with zero attached hydrogens (tertiary/aromatic N) is 3. The number of benzene rings is 1. The van der Waals surface area contributed by atoms with Crippen molar-refractivity contribution in [3.63, 3.8) is 0 Å². The van der Waals surface area contributed by atoms with Crippen molar-refractivity contribution in [2.24, 2.45) is 5.92 Å². The summed E-state index contributed by atoms with van der Waals surface area (Å²) in [5.41, 5.74) is 0.623. The van der Waals surface area contributed by atoms with Gasteiger partial charge in [-0.3, -0.25) is 10.1 Å². The van der Waals surface area contributed by atoms with Gasteiger partial charge in [-0.1, -0.05) is 0 Å². The summed E-state index contributed by atoms with van der Waals surface area (Å²) in [6.45, 7) is 3.90. The molecule has 3 fully saturated rings. The van der Waals surface area contributed by atoms with E-state index in [2.05, 4.69) is 25.5 Å². The molecule has 3 heterocycles. The molecule has 0 bridgehead atoms. The van der Waals surface area contributed by atoms with Crippen LogP contribution in [-0.2, 0) is 14.6 Å². The predicted octanol–water partition coefficient (Wildman–Crippen LogP) is 2.84. The van der Waals surface area contributed by atoms with Crippen LogP contribution in [-0.4, -0.2) is 80.1 Å². The Balaban J connectivity index is 1.38. The number of carbonyl (C=O) groups excluding carboxylic acids is 1. The lowest BCUT2D eigenvalue weighted by Crippen LogP contribution is -2.32. The first-order valence-electron chi connectivity index (χ1n) is 12.9. The Kier molecular flexibility index (Phi) is 7.47. The topological polar surface area (TPSA) is 123 Å². The van der Waals surface area contributed by atoms with Gasteiger partial charge >= 0.3 is 0 Å². The summed E-state index contributed by atoms with van der Waals surface area (Å²) < 4.78 is 35.5. The van der Waals surface area contributed by atoms with Crippen molar-refractivity contribution >= 4 is 38.4 Å². The molecule has 2 N–H and O–H groups in total. The van der Waals surface area contributed by atoms with Gasteiger partial charge in [0, 0.05) is 30.0 Å². The van der Waals surface area contributed by atoms with Crippen LogP contribution in [0.3, 0.4) is 0 Å². The van der Waals surface area contributed by atoms with E-state index in [4.69, 9.17) is 9.47 Å². The third-order valence-corrected chi connectivity index (χ3v) is 8.85. The van der Waals surface area contributed by atoms with Crippen LogP contribution in [0.5, 0.6) is 11.5 Å². The van der Waals surface area contributed by atoms with Gasteiger partial charge < -0.3 is 19.7 Å². The zero-order chi connectivity index (χ0) is 25.1. The van der Waals surface area contributed by atoms with E-state index in [1.165, 1.54) is 12.8 Å². The standard InChI is InChI=1S/C25H35N5O5S/c1-34-21-15-19-20(16-22(21)35-12-4-11-30-9-2-3-10-30)27-25(29-24(31)17-5-6-17)28-23(19)26-18-7-13-36(32,33)14-8-18/h15-18H,2-14H2,1H3,(H2,26,27,28,29,31). The maximum atomic E-state index is 12.4. The minimum absolute atomic E-state index is 0.0228. The molecule has 1 aromatic carbocycles. The van der Waals surface area contributed by atoms with Crippen molar-refractivity contribution in [1.29, 1.82) is 0 Å². The molecule has 3 aliphatic rings. The zero-order valence-electron chi connectivity index (χ0n) is 20.8. The first-order chi connectivity index (χ1) is 17.4. The van der Waals surface area contributed by atoms with Crippen molar-refractivity contribution in [1.82, 2.24) is 14.9 Å². The van der Waals surface area contributed by atoms with E-state index in [1.54, 1.807) is 7.11 Å². The van der Waals surface area contributed by atoms with Crippen LogP contribution in [0.2, 0.25) is 0 Å².